The Morgan fingerprint density at radius 3 is 2.74 bits per heavy atom. The third-order valence-electron chi connectivity index (χ3n) is 6.08. The first kappa shape index (κ1) is 25.6. The normalized spacial score (nSPS) is 18.4. The molecule has 0 aliphatic carbocycles. The zero-order chi connectivity index (χ0) is 24.5. The van der Waals surface area contributed by atoms with E-state index in [1.165, 1.54) is 22.4 Å². The second-order valence-corrected chi connectivity index (χ2v) is 13.4. The molecule has 1 amide bonds. The van der Waals surface area contributed by atoms with Gasteiger partial charge in [0.2, 0.25) is 5.91 Å². The molecule has 0 radical (unpaired) electrons. The molecule has 0 atom stereocenters. The molecule has 1 aromatic heterocycles. The monoisotopic (exact) mass is 591 g/mol. The number of unbranched alkanes of at least 4 members (excludes halogenated alkanes) is 1. The van der Waals surface area contributed by atoms with Crippen molar-refractivity contribution < 1.29 is 17.8 Å². The first-order chi connectivity index (χ1) is 16.2. The first-order valence-electron chi connectivity index (χ1n) is 11.4. The molecule has 0 bridgehead atoms. The van der Waals surface area contributed by atoms with Crippen molar-refractivity contribution in [1.82, 2.24) is 14.2 Å². The van der Waals surface area contributed by atoms with Crippen LogP contribution in [0.15, 0.2) is 28.9 Å². The number of imidazole rings is 1. The number of fused-ring (bicyclic) bond motifs is 3. The van der Waals surface area contributed by atoms with Crippen LogP contribution >= 0.6 is 23.2 Å². The number of nitrogens with zero attached hydrogens (tertiary/aromatic N) is 3. The minimum atomic E-state index is -3.60. The zero-order valence-corrected chi connectivity index (χ0v) is 23.4. The van der Waals surface area contributed by atoms with Gasteiger partial charge in [-0.2, -0.15) is 0 Å². The number of rotatable bonds is 8. The molecule has 0 spiro atoms. The predicted octanol–water partition coefficient (Wildman–Crippen LogP) is 3.57. The number of hydrogen-bond donors (Lipinski definition) is 1. The number of sulfonamides is 1. The average molecular weight is 591 g/mol. The van der Waals surface area contributed by atoms with Crippen LogP contribution in [-0.4, -0.2) is 57.6 Å². The van der Waals surface area contributed by atoms with Gasteiger partial charge in [-0.25, -0.2) is 0 Å². The third-order valence-corrected chi connectivity index (χ3v) is 10.5. The van der Waals surface area contributed by atoms with E-state index >= 15 is 0 Å². The summed E-state index contributed by atoms with van der Waals surface area (Å²) in [5.74, 6) is 0.479. The van der Waals surface area contributed by atoms with Gasteiger partial charge < -0.3 is 0 Å². The molecule has 0 saturated carbocycles. The second-order valence-electron chi connectivity index (χ2n) is 8.44. The van der Waals surface area contributed by atoms with E-state index in [0.717, 1.165) is 42.9 Å². The Bertz CT molecular complexity index is 1290. The maximum absolute atomic E-state index is 12.0. The number of amides is 1. The molecular formula is C23H29Cl2N4O3SSe+. The van der Waals surface area contributed by atoms with Crippen LogP contribution < -0.4 is 9.29 Å². The van der Waals surface area contributed by atoms with E-state index < -0.39 is 15.9 Å². The summed E-state index contributed by atoms with van der Waals surface area (Å²) >= 11 is 13.2. The quantitative estimate of drug-likeness (QED) is 0.290. The van der Waals surface area contributed by atoms with Gasteiger partial charge in [0.15, 0.2) is 0 Å². The van der Waals surface area contributed by atoms with Gasteiger partial charge in [0.1, 0.15) is 0 Å². The predicted molar refractivity (Wildman–Crippen MR) is 137 cm³/mol. The molecule has 3 heterocycles. The summed E-state index contributed by atoms with van der Waals surface area (Å²) < 4.78 is 32.0. The van der Waals surface area contributed by atoms with Gasteiger partial charge in [0.05, 0.1) is 0 Å². The van der Waals surface area contributed by atoms with E-state index in [0.29, 0.717) is 44.4 Å². The van der Waals surface area contributed by atoms with Gasteiger partial charge in [-0.05, 0) is 0 Å². The molecule has 1 aromatic carbocycles. The Kier molecular flexibility index (Phi) is 7.99. The topological polar surface area (TPSA) is 75.3 Å². The summed E-state index contributed by atoms with van der Waals surface area (Å²) in [6.07, 6.45) is 6.57. The van der Waals surface area contributed by atoms with Crippen LogP contribution in [0.5, 0.6) is 0 Å². The number of carbonyl (C=O) groups excluding carboxylic acids is 1. The molecule has 184 valence electrons. The number of halogens is 2. The van der Waals surface area contributed by atoms with Crippen molar-refractivity contribution in [3.63, 3.8) is 0 Å². The third kappa shape index (κ3) is 5.49. The second kappa shape index (κ2) is 10.6. The molecule has 1 N–H and O–H groups in total. The molecule has 1 fully saturated rings. The van der Waals surface area contributed by atoms with E-state index in [-0.39, 0.29) is 5.75 Å². The molecule has 0 unspecified atom stereocenters. The van der Waals surface area contributed by atoms with Crippen LogP contribution in [0, 0.1) is 0 Å². The summed E-state index contributed by atoms with van der Waals surface area (Å²) in [6, 6.07) is 3.81. The standard InChI is InChI=1S/C23H28Cl2N4O3SSe/c1-3-27-11-13-34-22(27)7-6-17-8-10-29-21-15-19(25)18(24)14-20(21)28(23(17)29)9-4-5-12-33(31,32)26-16(2)30/h6-7,14-15H,3-5,8-13H2,1-2H3/p+1. The molecule has 1 saturated heterocycles. The molecule has 2 aromatic rings. The van der Waals surface area contributed by atoms with Gasteiger partial charge >= 0.3 is 200 Å². The molecule has 4 rings (SSSR count). The maximum atomic E-state index is 12.0. The van der Waals surface area contributed by atoms with E-state index in [4.69, 9.17) is 23.2 Å². The number of benzene rings is 1. The van der Waals surface area contributed by atoms with Crippen molar-refractivity contribution >= 4 is 70.7 Å². The number of aryl methyl sites for hydroxylation is 2. The van der Waals surface area contributed by atoms with Gasteiger partial charge in [-0.3, -0.25) is 4.79 Å². The average Bonchev–Trinajstić information content (AvgIpc) is 3.45. The molecular weight excluding hydrogens is 562 g/mol. The zero-order valence-electron chi connectivity index (χ0n) is 19.3. The minimum absolute atomic E-state index is 0.0859. The fraction of sp³-hybridized carbons (Fsp3) is 0.478. The van der Waals surface area contributed by atoms with Crippen molar-refractivity contribution in [1.29, 1.82) is 0 Å². The van der Waals surface area contributed by atoms with E-state index in [2.05, 4.69) is 33.1 Å². The Morgan fingerprint density at radius 2 is 2.00 bits per heavy atom. The number of carbonyl (C=O) groups is 1. The number of nitrogens with one attached hydrogen (secondary N) is 1. The number of aromatic nitrogens is 2. The summed E-state index contributed by atoms with van der Waals surface area (Å²) in [7, 11) is -3.60. The van der Waals surface area contributed by atoms with Crippen LogP contribution in [0.25, 0.3) is 16.6 Å². The van der Waals surface area contributed by atoms with Crippen LogP contribution in [-0.2, 0) is 27.9 Å². The van der Waals surface area contributed by atoms with Crippen LogP contribution in [0.1, 0.15) is 38.9 Å². The van der Waals surface area contributed by atoms with Gasteiger partial charge in [0, 0.05) is 6.92 Å². The van der Waals surface area contributed by atoms with Crippen LogP contribution in [0.3, 0.4) is 0 Å². The van der Waals surface area contributed by atoms with Crippen LogP contribution in [0.4, 0.5) is 0 Å². The van der Waals surface area contributed by atoms with E-state index in [1.807, 2.05) is 16.9 Å². The molecule has 34 heavy (non-hydrogen) atoms. The van der Waals surface area contributed by atoms with E-state index in [1.54, 1.807) is 0 Å². The SMILES string of the molecule is CCN1CC[Se]C1=CC=C1CC[n+]2c1n(CCCCS(=O)(=O)NC(C)=O)c1cc(Cl)c(Cl)cc12. The number of allylic oxidation sites excluding steroid dienone is 3. The van der Waals surface area contributed by atoms with Crippen molar-refractivity contribution in [3.8, 4) is 0 Å². The molecule has 2 aliphatic rings. The Hall–Kier alpha value is -1.51. The van der Waals surface area contributed by atoms with Gasteiger partial charge in [-0.15, -0.1) is 0 Å². The number of hydrogen-bond acceptors (Lipinski definition) is 4. The fourth-order valence-electron chi connectivity index (χ4n) is 4.57. The molecule has 2 aliphatic heterocycles. The van der Waals surface area contributed by atoms with Gasteiger partial charge in [0.25, 0.3) is 0 Å². The van der Waals surface area contributed by atoms with Crippen molar-refractivity contribution in [2.45, 2.75) is 51.5 Å². The van der Waals surface area contributed by atoms with Crippen molar-refractivity contribution in [2.24, 2.45) is 0 Å². The Morgan fingerprint density at radius 1 is 1.24 bits per heavy atom. The van der Waals surface area contributed by atoms with Crippen molar-refractivity contribution in [2.75, 3.05) is 18.8 Å². The first-order valence-corrected chi connectivity index (χ1v) is 15.9. The summed E-state index contributed by atoms with van der Waals surface area (Å²) in [4.78, 5) is 13.6. The van der Waals surface area contributed by atoms with Gasteiger partial charge in [-0.1, -0.05) is 0 Å². The summed E-state index contributed by atoms with van der Waals surface area (Å²) in [5, 5.41) is 2.28. The molecule has 7 nitrogen and oxygen atoms in total. The van der Waals surface area contributed by atoms with Crippen molar-refractivity contribution in [3.05, 3.63) is 44.7 Å². The summed E-state index contributed by atoms with van der Waals surface area (Å²) in [5.41, 5.74) is 3.29. The summed E-state index contributed by atoms with van der Waals surface area (Å²) in [6.45, 7) is 7.09. The van der Waals surface area contributed by atoms with E-state index in [9.17, 15) is 13.2 Å². The van der Waals surface area contributed by atoms with Crippen LogP contribution in [0.2, 0.25) is 15.4 Å². The Balaban J connectivity index is 1.64. The Labute approximate surface area is 217 Å². The fourth-order valence-corrected chi connectivity index (χ4v) is 8.29. The molecule has 11 heteroatoms.